The Bertz CT molecular complexity index is 1060. The first kappa shape index (κ1) is 18.7. The van der Waals surface area contributed by atoms with Gasteiger partial charge in [0.05, 0.1) is 0 Å². The summed E-state index contributed by atoms with van der Waals surface area (Å²) in [5.41, 5.74) is 1.78. The van der Waals surface area contributed by atoms with E-state index in [1.165, 1.54) is 0 Å². The van der Waals surface area contributed by atoms with Crippen LogP contribution in [0.1, 0.15) is 25.3 Å². The molecular weight excluding hydrogens is 384 g/mol. The zero-order chi connectivity index (χ0) is 20.5. The Morgan fingerprint density at radius 2 is 2.00 bits per heavy atom. The van der Waals surface area contributed by atoms with Crippen molar-refractivity contribution in [2.45, 2.75) is 26.3 Å². The second-order valence-corrected chi connectivity index (χ2v) is 7.63. The van der Waals surface area contributed by atoms with Gasteiger partial charge >= 0.3 is 0 Å². The van der Waals surface area contributed by atoms with E-state index in [4.69, 9.17) is 9.47 Å². The summed E-state index contributed by atoms with van der Waals surface area (Å²) in [7, 11) is 0. The third-order valence-electron chi connectivity index (χ3n) is 5.82. The van der Waals surface area contributed by atoms with Crippen LogP contribution >= 0.6 is 0 Å². The van der Waals surface area contributed by atoms with Gasteiger partial charge in [0.15, 0.2) is 17.1 Å². The van der Waals surface area contributed by atoms with Gasteiger partial charge in [0.2, 0.25) is 12.7 Å². The molecule has 0 atom stereocenters. The summed E-state index contributed by atoms with van der Waals surface area (Å²) >= 11 is 0. The van der Waals surface area contributed by atoms with Crippen molar-refractivity contribution in [3.05, 3.63) is 42.2 Å². The Morgan fingerprint density at radius 3 is 2.83 bits per heavy atom. The summed E-state index contributed by atoms with van der Waals surface area (Å²) in [6, 6.07) is 9.75. The van der Waals surface area contributed by atoms with E-state index in [2.05, 4.69) is 20.2 Å². The minimum atomic E-state index is 0.0360. The molecule has 0 spiro atoms. The number of rotatable bonds is 5. The molecule has 156 valence electrons. The van der Waals surface area contributed by atoms with Gasteiger partial charge in [-0.15, -0.1) is 15.3 Å². The van der Waals surface area contributed by atoms with Crippen molar-refractivity contribution < 1.29 is 14.3 Å². The van der Waals surface area contributed by atoms with Crippen LogP contribution in [-0.2, 0) is 11.3 Å². The summed E-state index contributed by atoms with van der Waals surface area (Å²) in [5, 5.41) is 12.4. The molecule has 2 aliphatic heterocycles. The number of carbonyl (C=O) groups is 1. The van der Waals surface area contributed by atoms with Crippen molar-refractivity contribution in [1.29, 1.82) is 0 Å². The molecule has 1 aromatic carbocycles. The Kier molecular flexibility index (Phi) is 4.86. The number of fused-ring (bicyclic) bond motifs is 2. The molecule has 5 rings (SSSR count). The van der Waals surface area contributed by atoms with Gasteiger partial charge in [-0.2, -0.15) is 4.52 Å². The van der Waals surface area contributed by atoms with Crippen molar-refractivity contribution in [2.24, 2.45) is 5.92 Å². The van der Waals surface area contributed by atoms with E-state index in [0.717, 1.165) is 54.5 Å². The monoisotopic (exact) mass is 408 g/mol. The zero-order valence-corrected chi connectivity index (χ0v) is 16.9. The lowest BCUT2D eigenvalue weighted by atomic mass is 9.95. The van der Waals surface area contributed by atoms with Gasteiger partial charge in [-0.25, -0.2) is 0 Å². The summed E-state index contributed by atoms with van der Waals surface area (Å²) in [6.45, 7) is 5.15. The quantitative estimate of drug-likeness (QED) is 0.639. The predicted octanol–water partition coefficient (Wildman–Crippen LogP) is 2.12. The molecule has 4 heterocycles. The molecule has 0 aliphatic carbocycles. The SMILES string of the molecule is CCN(Cc1ccc2c(c1)OCO2)C(=O)C1CCN(c2ccc3nncn3n2)CC1. The minimum absolute atomic E-state index is 0.0360. The number of amides is 1. The maximum Gasteiger partial charge on any atom is 0.231 e. The smallest absolute Gasteiger partial charge is 0.231 e. The number of benzene rings is 1. The largest absolute Gasteiger partial charge is 0.454 e. The first-order valence-electron chi connectivity index (χ1n) is 10.3. The molecule has 3 aromatic rings. The third kappa shape index (κ3) is 3.51. The molecular formula is C21H24N6O3. The highest BCUT2D eigenvalue weighted by atomic mass is 16.7. The summed E-state index contributed by atoms with van der Waals surface area (Å²) in [4.78, 5) is 17.3. The highest BCUT2D eigenvalue weighted by Gasteiger charge is 2.29. The average molecular weight is 408 g/mol. The molecule has 0 radical (unpaired) electrons. The molecule has 1 saturated heterocycles. The second kappa shape index (κ2) is 7.81. The number of hydrogen-bond donors (Lipinski definition) is 0. The van der Waals surface area contributed by atoms with Crippen LogP contribution in [0, 0.1) is 5.92 Å². The Hall–Kier alpha value is -3.36. The average Bonchev–Trinajstić information content (AvgIpc) is 3.45. The molecule has 2 aromatic heterocycles. The van der Waals surface area contributed by atoms with Crippen molar-refractivity contribution in [3.63, 3.8) is 0 Å². The van der Waals surface area contributed by atoms with E-state index in [1.807, 2.05) is 42.2 Å². The maximum absolute atomic E-state index is 13.2. The second-order valence-electron chi connectivity index (χ2n) is 7.63. The van der Waals surface area contributed by atoms with Gasteiger partial charge < -0.3 is 19.3 Å². The molecule has 9 nitrogen and oxygen atoms in total. The zero-order valence-electron chi connectivity index (χ0n) is 16.9. The number of hydrogen-bond acceptors (Lipinski definition) is 7. The van der Waals surface area contributed by atoms with Crippen molar-refractivity contribution in [3.8, 4) is 11.5 Å². The highest BCUT2D eigenvalue weighted by Crippen LogP contribution is 2.33. The molecule has 0 bridgehead atoms. The third-order valence-corrected chi connectivity index (χ3v) is 5.82. The lowest BCUT2D eigenvalue weighted by Gasteiger charge is -2.34. The molecule has 30 heavy (non-hydrogen) atoms. The van der Waals surface area contributed by atoms with Crippen LogP contribution in [0.15, 0.2) is 36.7 Å². The minimum Gasteiger partial charge on any atom is -0.454 e. The van der Waals surface area contributed by atoms with Gasteiger partial charge in [-0.3, -0.25) is 4.79 Å². The normalized spacial score (nSPS) is 16.2. The topological polar surface area (TPSA) is 85.1 Å². The van der Waals surface area contributed by atoms with Gasteiger partial charge in [-0.1, -0.05) is 6.07 Å². The fraction of sp³-hybridized carbons (Fsp3) is 0.429. The number of nitrogens with zero attached hydrogens (tertiary/aromatic N) is 6. The number of carbonyl (C=O) groups excluding carboxylic acids is 1. The molecule has 0 unspecified atom stereocenters. The Balaban J connectivity index is 1.21. The highest BCUT2D eigenvalue weighted by molar-refractivity contribution is 5.79. The summed E-state index contributed by atoms with van der Waals surface area (Å²) in [5.74, 6) is 2.66. The predicted molar refractivity (Wildman–Crippen MR) is 109 cm³/mol. The van der Waals surface area contributed by atoms with Crippen LogP contribution in [0.3, 0.4) is 0 Å². The molecule has 9 heteroatoms. The van der Waals surface area contributed by atoms with Crippen molar-refractivity contribution in [2.75, 3.05) is 31.3 Å². The Labute approximate surface area is 174 Å². The first-order chi connectivity index (χ1) is 14.7. The van der Waals surface area contributed by atoms with Crippen LogP contribution in [-0.4, -0.2) is 57.0 Å². The maximum atomic E-state index is 13.2. The van der Waals surface area contributed by atoms with Crippen LogP contribution in [0.4, 0.5) is 5.82 Å². The fourth-order valence-electron chi connectivity index (χ4n) is 4.11. The van der Waals surface area contributed by atoms with E-state index < -0.39 is 0 Å². The number of anilines is 1. The summed E-state index contributed by atoms with van der Waals surface area (Å²) in [6.07, 6.45) is 3.24. The molecule has 1 amide bonds. The number of aromatic nitrogens is 4. The van der Waals surface area contributed by atoms with Gasteiger partial charge in [0.1, 0.15) is 12.1 Å². The van der Waals surface area contributed by atoms with Crippen LogP contribution in [0.5, 0.6) is 11.5 Å². The van der Waals surface area contributed by atoms with E-state index in [9.17, 15) is 4.79 Å². The van der Waals surface area contributed by atoms with E-state index in [0.29, 0.717) is 13.1 Å². The van der Waals surface area contributed by atoms with Gasteiger partial charge in [-0.05, 0) is 49.6 Å². The standard InChI is InChI=1S/C21H24N6O3/c1-2-25(12-15-3-4-17-18(11-15)30-14-29-17)21(28)16-7-9-26(10-8-16)20-6-5-19-23-22-13-27(19)24-20/h3-6,11,13,16H,2,7-10,12,14H2,1H3. The molecule has 0 N–H and O–H groups in total. The van der Waals surface area contributed by atoms with Crippen LogP contribution in [0.25, 0.3) is 5.65 Å². The van der Waals surface area contributed by atoms with Crippen LogP contribution in [0.2, 0.25) is 0 Å². The molecule has 1 fully saturated rings. The fourth-order valence-corrected chi connectivity index (χ4v) is 4.11. The van der Waals surface area contributed by atoms with E-state index >= 15 is 0 Å². The van der Waals surface area contributed by atoms with Crippen LogP contribution < -0.4 is 14.4 Å². The number of piperidine rings is 1. The van der Waals surface area contributed by atoms with Crippen molar-refractivity contribution >= 4 is 17.4 Å². The number of ether oxygens (including phenoxy) is 2. The Morgan fingerprint density at radius 1 is 1.17 bits per heavy atom. The lowest BCUT2D eigenvalue weighted by Crippen LogP contribution is -2.42. The molecule has 2 aliphatic rings. The molecule has 0 saturated carbocycles. The summed E-state index contributed by atoms with van der Waals surface area (Å²) < 4.78 is 12.5. The lowest BCUT2D eigenvalue weighted by molar-refractivity contribution is -0.136. The van der Waals surface area contributed by atoms with Gasteiger partial charge in [0, 0.05) is 32.1 Å². The van der Waals surface area contributed by atoms with E-state index in [1.54, 1.807) is 10.8 Å². The van der Waals surface area contributed by atoms with Crippen molar-refractivity contribution in [1.82, 2.24) is 24.7 Å². The first-order valence-corrected chi connectivity index (χ1v) is 10.3. The van der Waals surface area contributed by atoms with E-state index in [-0.39, 0.29) is 18.6 Å². The van der Waals surface area contributed by atoms with Gasteiger partial charge in [0.25, 0.3) is 0 Å².